The minimum Gasteiger partial charge on any atom is -0.338 e. The third kappa shape index (κ3) is 4.39. The van der Waals surface area contributed by atoms with Crippen LogP contribution in [0.1, 0.15) is 19.8 Å². The van der Waals surface area contributed by atoms with Gasteiger partial charge in [0.1, 0.15) is 0 Å². The van der Waals surface area contributed by atoms with Crippen molar-refractivity contribution in [3.05, 3.63) is 29.3 Å². The summed E-state index contributed by atoms with van der Waals surface area (Å²) in [7, 11) is 1.75. The molecule has 134 valence electrons. The van der Waals surface area contributed by atoms with E-state index in [0.717, 1.165) is 25.1 Å². The molecule has 0 saturated carbocycles. The monoisotopic (exact) mass is 363 g/mol. The van der Waals surface area contributed by atoms with E-state index in [1.54, 1.807) is 24.1 Å². The number of tetrazole rings is 1. The standard InChI is InChI=1S/C16H22ClN7O/c1-11-7-8-24(15-19-21-22-20-15)10-13(9-11)18-16(25)23(2)14-5-3-12(17)4-6-14/h3-6,11,13H,7-10H2,1-2H3,(H,18,25)(H,19,20,21,22). The highest BCUT2D eigenvalue weighted by Crippen LogP contribution is 2.21. The molecule has 1 aliphatic rings. The normalized spacial score (nSPS) is 20.8. The highest BCUT2D eigenvalue weighted by atomic mass is 35.5. The Morgan fingerprint density at radius 1 is 1.40 bits per heavy atom. The van der Waals surface area contributed by atoms with Crippen LogP contribution < -0.4 is 15.1 Å². The number of carbonyl (C=O) groups is 1. The van der Waals surface area contributed by atoms with Crippen LogP contribution in [-0.2, 0) is 0 Å². The molecule has 3 rings (SSSR count). The SMILES string of the molecule is CC1CCN(c2nnn[nH]2)CC(NC(=O)N(C)c2ccc(Cl)cc2)C1. The minimum absolute atomic E-state index is 0.0184. The number of hydrogen-bond donors (Lipinski definition) is 2. The Balaban J connectivity index is 1.66. The molecule has 1 aromatic heterocycles. The Morgan fingerprint density at radius 3 is 2.84 bits per heavy atom. The number of urea groups is 1. The van der Waals surface area contributed by atoms with Crippen LogP contribution in [0.3, 0.4) is 0 Å². The summed E-state index contributed by atoms with van der Waals surface area (Å²) in [6.45, 7) is 3.73. The van der Waals surface area contributed by atoms with Gasteiger partial charge in [0.05, 0.1) is 0 Å². The predicted octanol–water partition coefficient (Wildman–Crippen LogP) is 2.30. The van der Waals surface area contributed by atoms with Gasteiger partial charge in [-0.15, -0.1) is 0 Å². The van der Waals surface area contributed by atoms with Crippen molar-refractivity contribution in [3.8, 4) is 0 Å². The van der Waals surface area contributed by atoms with E-state index in [1.165, 1.54) is 0 Å². The summed E-state index contributed by atoms with van der Waals surface area (Å²) in [5, 5.41) is 17.8. The van der Waals surface area contributed by atoms with Gasteiger partial charge in [-0.2, -0.15) is 0 Å². The first-order valence-corrected chi connectivity index (χ1v) is 8.69. The molecule has 0 aliphatic carbocycles. The fraction of sp³-hybridized carbons (Fsp3) is 0.500. The van der Waals surface area contributed by atoms with Crippen LogP contribution in [0, 0.1) is 5.92 Å². The molecule has 0 radical (unpaired) electrons. The number of aromatic nitrogens is 4. The average Bonchev–Trinajstić information content (AvgIpc) is 3.06. The molecule has 8 nitrogen and oxygen atoms in total. The van der Waals surface area contributed by atoms with Crippen LogP contribution in [0.4, 0.5) is 16.4 Å². The van der Waals surface area contributed by atoms with Crippen LogP contribution in [0.5, 0.6) is 0 Å². The number of aromatic amines is 1. The van der Waals surface area contributed by atoms with E-state index >= 15 is 0 Å². The lowest BCUT2D eigenvalue weighted by Gasteiger charge is -2.26. The zero-order valence-corrected chi connectivity index (χ0v) is 15.1. The molecule has 1 aromatic carbocycles. The van der Waals surface area contributed by atoms with Gasteiger partial charge >= 0.3 is 6.03 Å². The van der Waals surface area contributed by atoms with Crippen LogP contribution >= 0.6 is 11.6 Å². The van der Waals surface area contributed by atoms with Crippen molar-refractivity contribution >= 4 is 29.3 Å². The van der Waals surface area contributed by atoms with Crippen molar-refractivity contribution in [2.45, 2.75) is 25.8 Å². The third-order valence-electron chi connectivity index (χ3n) is 4.50. The summed E-state index contributed by atoms with van der Waals surface area (Å²) in [6.07, 6.45) is 1.94. The molecule has 2 amide bonds. The summed E-state index contributed by atoms with van der Waals surface area (Å²) >= 11 is 5.91. The maximum Gasteiger partial charge on any atom is 0.321 e. The van der Waals surface area contributed by atoms with Crippen molar-refractivity contribution in [1.82, 2.24) is 25.9 Å². The van der Waals surface area contributed by atoms with Gasteiger partial charge in [0.2, 0.25) is 5.95 Å². The minimum atomic E-state index is -0.142. The van der Waals surface area contributed by atoms with E-state index in [9.17, 15) is 4.79 Å². The van der Waals surface area contributed by atoms with Gasteiger partial charge in [-0.25, -0.2) is 9.89 Å². The lowest BCUT2D eigenvalue weighted by atomic mass is 10.0. The Bertz CT molecular complexity index is 691. The molecule has 2 aromatic rings. The first-order valence-electron chi connectivity index (χ1n) is 8.31. The molecule has 25 heavy (non-hydrogen) atoms. The molecular weight excluding hydrogens is 342 g/mol. The van der Waals surface area contributed by atoms with Crippen molar-refractivity contribution in [3.63, 3.8) is 0 Å². The zero-order valence-electron chi connectivity index (χ0n) is 14.3. The Labute approximate surface area is 151 Å². The maximum absolute atomic E-state index is 12.6. The topological polar surface area (TPSA) is 90.0 Å². The fourth-order valence-electron chi connectivity index (χ4n) is 3.05. The van der Waals surface area contributed by atoms with E-state index in [1.807, 2.05) is 12.1 Å². The lowest BCUT2D eigenvalue weighted by Crippen LogP contribution is -2.48. The Morgan fingerprint density at radius 2 is 2.16 bits per heavy atom. The largest absolute Gasteiger partial charge is 0.338 e. The number of anilines is 2. The van der Waals surface area contributed by atoms with Crippen LogP contribution in [0.2, 0.25) is 5.02 Å². The Hall–Kier alpha value is -2.35. The van der Waals surface area contributed by atoms with Gasteiger partial charge in [-0.3, -0.25) is 4.90 Å². The van der Waals surface area contributed by atoms with Gasteiger partial charge in [-0.1, -0.05) is 23.6 Å². The van der Waals surface area contributed by atoms with Crippen LogP contribution in [-0.4, -0.2) is 52.8 Å². The predicted molar refractivity (Wildman–Crippen MR) is 97.0 cm³/mol. The van der Waals surface area contributed by atoms with E-state index < -0.39 is 0 Å². The zero-order chi connectivity index (χ0) is 17.8. The van der Waals surface area contributed by atoms with Crippen molar-refractivity contribution < 1.29 is 4.79 Å². The van der Waals surface area contributed by atoms with E-state index in [0.29, 0.717) is 23.4 Å². The van der Waals surface area contributed by atoms with Crippen molar-refractivity contribution in [2.75, 3.05) is 29.9 Å². The number of H-pyrrole nitrogens is 1. The number of halogens is 1. The van der Waals surface area contributed by atoms with Crippen LogP contribution in [0.25, 0.3) is 0 Å². The van der Waals surface area contributed by atoms with Gasteiger partial charge in [-0.05, 0) is 53.5 Å². The van der Waals surface area contributed by atoms with E-state index in [-0.39, 0.29) is 12.1 Å². The fourth-order valence-corrected chi connectivity index (χ4v) is 3.18. The second kappa shape index (κ2) is 7.69. The number of amides is 2. The summed E-state index contributed by atoms with van der Waals surface area (Å²) in [5.41, 5.74) is 0.792. The molecule has 2 heterocycles. The molecule has 2 N–H and O–H groups in total. The number of carbonyl (C=O) groups excluding carboxylic acids is 1. The second-order valence-corrected chi connectivity index (χ2v) is 6.92. The summed E-state index contributed by atoms with van der Waals surface area (Å²) in [5.74, 6) is 1.14. The van der Waals surface area contributed by atoms with Gasteiger partial charge in [0, 0.05) is 36.9 Å². The second-order valence-electron chi connectivity index (χ2n) is 6.48. The Kier molecular flexibility index (Phi) is 5.37. The number of nitrogens with one attached hydrogen (secondary N) is 2. The molecule has 1 saturated heterocycles. The van der Waals surface area contributed by atoms with Gasteiger partial charge < -0.3 is 10.2 Å². The molecule has 0 spiro atoms. The van der Waals surface area contributed by atoms with Gasteiger partial charge in [0.25, 0.3) is 0 Å². The quantitative estimate of drug-likeness (QED) is 0.873. The molecule has 2 unspecified atom stereocenters. The van der Waals surface area contributed by atoms with Crippen LogP contribution in [0.15, 0.2) is 24.3 Å². The lowest BCUT2D eigenvalue weighted by molar-refractivity contribution is 0.242. The summed E-state index contributed by atoms with van der Waals surface area (Å²) < 4.78 is 0. The highest BCUT2D eigenvalue weighted by molar-refractivity contribution is 6.30. The average molecular weight is 364 g/mol. The number of nitrogens with zero attached hydrogens (tertiary/aromatic N) is 5. The molecule has 0 bridgehead atoms. The molecule has 1 fully saturated rings. The molecule has 2 atom stereocenters. The first-order chi connectivity index (χ1) is 12.0. The third-order valence-corrected chi connectivity index (χ3v) is 4.75. The number of hydrogen-bond acceptors (Lipinski definition) is 5. The van der Waals surface area contributed by atoms with E-state index in [4.69, 9.17) is 11.6 Å². The molecule has 9 heteroatoms. The number of rotatable bonds is 3. The van der Waals surface area contributed by atoms with Crippen molar-refractivity contribution in [1.29, 1.82) is 0 Å². The highest BCUT2D eigenvalue weighted by Gasteiger charge is 2.26. The van der Waals surface area contributed by atoms with Crippen molar-refractivity contribution in [2.24, 2.45) is 5.92 Å². The smallest absolute Gasteiger partial charge is 0.321 e. The first kappa shape index (κ1) is 17.5. The summed E-state index contributed by atoms with van der Waals surface area (Å²) in [6, 6.07) is 7.07. The maximum atomic E-state index is 12.6. The summed E-state index contributed by atoms with van der Waals surface area (Å²) in [4.78, 5) is 16.3. The molecular formula is C16H22ClN7O. The number of benzene rings is 1. The van der Waals surface area contributed by atoms with Gasteiger partial charge in [0.15, 0.2) is 0 Å². The molecule has 1 aliphatic heterocycles. The van der Waals surface area contributed by atoms with E-state index in [2.05, 4.69) is 37.8 Å².